The van der Waals surface area contributed by atoms with Crippen LogP contribution in [0.2, 0.25) is 0 Å². The molecule has 7 rings (SSSR count). The summed E-state index contributed by atoms with van der Waals surface area (Å²) in [5.74, 6) is 1.02. The van der Waals surface area contributed by atoms with Crippen molar-refractivity contribution in [3.63, 3.8) is 0 Å². The molecule has 0 spiro atoms. The Hall–Kier alpha value is -5.29. The average molecular weight is 532 g/mol. The lowest BCUT2D eigenvalue weighted by Gasteiger charge is -2.20. The molecule has 0 saturated carbocycles. The predicted octanol–water partition coefficient (Wildman–Crippen LogP) is 8.08. The van der Waals surface area contributed by atoms with Gasteiger partial charge in [-0.3, -0.25) is 9.39 Å². The molecule has 1 aliphatic heterocycles. The minimum atomic E-state index is 0.682. The van der Waals surface area contributed by atoms with Crippen LogP contribution in [0.1, 0.15) is 12.5 Å². The highest BCUT2D eigenvalue weighted by Crippen LogP contribution is 2.34. The lowest BCUT2D eigenvalue weighted by atomic mass is 9.98. The lowest BCUT2D eigenvalue weighted by molar-refractivity contribution is 0.561. The van der Waals surface area contributed by atoms with Crippen molar-refractivity contribution in [3.8, 4) is 22.4 Å². The van der Waals surface area contributed by atoms with Crippen molar-refractivity contribution in [2.45, 2.75) is 6.92 Å². The summed E-state index contributed by atoms with van der Waals surface area (Å²) in [5.41, 5.74) is 9.36. The van der Waals surface area contributed by atoms with Gasteiger partial charge in [0.05, 0.1) is 12.2 Å². The zero-order valence-corrected chi connectivity index (χ0v) is 22.9. The van der Waals surface area contributed by atoms with E-state index >= 15 is 0 Å². The van der Waals surface area contributed by atoms with Crippen molar-refractivity contribution in [2.75, 3.05) is 13.1 Å². The molecule has 4 heterocycles. The Morgan fingerprint density at radius 2 is 1.56 bits per heavy atom. The van der Waals surface area contributed by atoms with Crippen LogP contribution in [0.15, 0.2) is 139 Å². The van der Waals surface area contributed by atoms with E-state index in [0.717, 1.165) is 67.9 Å². The Morgan fingerprint density at radius 1 is 0.780 bits per heavy atom. The highest BCUT2D eigenvalue weighted by molar-refractivity contribution is 6.09. The van der Waals surface area contributed by atoms with Crippen LogP contribution in [0.3, 0.4) is 0 Å². The highest BCUT2D eigenvalue weighted by Gasteiger charge is 2.22. The fourth-order valence-corrected chi connectivity index (χ4v) is 5.66. The number of aliphatic imine (C=N–C) groups is 1. The Balaban J connectivity index is 1.25. The number of likely N-dealkylation sites (N-methyl/N-ethyl adjacent to an activating group) is 1. The van der Waals surface area contributed by atoms with Crippen LogP contribution in [0.5, 0.6) is 0 Å². The van der Waals surface area contributed by atoms with Gasteiger partial charge in [-0.2, -0.15) is 0 Å². The van der Waals surface area contributed by atoms with Crippen LogP contribution in [0.4, 0.5) is 0 Å². The van der Waals surface area contributed by atoms with Crippen LogP contribution in [-0.2, 0) is 0 Å². The van der Waals surface area contributed by atoms with E-state index in [2.05, 4.69) is 102 Å². The molecule has 0 saturated heterocycles. The topological polar surface area (TPSA) is 45.8 Å². The summed E-state index contributed by atoms with van der Waals surface area (Å²) in [6, 6.07) is 31.8. The van der Waals surface area contributed by atoms with Gasteiger partial charge >= 0.3 is 0 Å². The molecular weight excluding hydrogens is 502 g/mol. The van der Waals surface area contributed by atoms with E-state index < -0.39 is 0 Å². The van der Waals surface area contributed by atoms with Gasteiger partial charge in [0.2, 0.25) is 0 Å². The summed E-state index contributed by atoms with van der Waals surface area (Å²) in [6.07, 6.45) is 9.89. The Morgan fingerprint density at radius 3 is 2.39 bits per heavy atom. The number of fused-ring (bicyclic) bond motifs is 5. The number of nitrogens with zero attached hydrogens (tertiary/aromatic N) is 5. The molecule has 3 aromatic heterocycles. The Bertz CT molecular complexity index is 2030. The molecule has 198 valence electrons. The second-order valence-corrected chi connectivity index (χ2v) is 10.0. The van der Waals surface area contributed by atoms with Gasteiger partial charge in [0.25, 0.3) is 0 Å². The third kappa shape index (κ3) is 4.32. The van der Waals surface area contributed by atoms with Crippen LogP contribution >= 0.6 is 0 Å². The lowest BCUT2D eigenvalue weighted by Crippen LogP contribution is -2.26. The van der Waals surface area contributed by atoms with Crippen LogP contribution in [-0.4, -0.2) is 38.2 Å². The fraction of sp³-hybridized carbons (Fsp3) is 0.0833. The first-order valence-electron chi connectivity index (χ1n) is 13.9. The van der Waals surface area contributed by atoms with Crippen LogP contribution in [0, 0.1) is 0 Å². The number of aromatic nitrogens is 3. The second-order valence-electron chi connectivity index (χ2n) is 10.0. The van der Waals surface area contributed by atoms with E-state index in [4.69, 9.17) is 15.0 Å². The minimum Gasteiger partial charge on any atom is -0.328 e. The molecule has 0 bridgehead atoms. The van der Waals surface area contributed by atoms with Crippen molar-refractivity contribution < 1.29 is 0 Å². The van der Waals surface area contributed by atoms with E-state index in [0.29, 0.717) is 6.54 Å². The maximum Gasteiger partial charge on any atom is 0.165 e. The summed E-state index contributed by atoms with van der Waals surface area (Å²) in [6.45, 7) is 7.47. The predicted molar refractivity (Wildman–Crippen MR) is 170 cm³/mol. The molecule has 1 aliphatic rings. The summed E-state index contributed by atoms with van der Waals surface area (Å²) in [4.78, 5) is 17.2. The molecule has 0 amide bonds. The highest BCUT2D eigenvalue weighted by atomic mass is 15.2. The van der Waals surface area contributed by atoms with Crippen LogP contribution < -0.4 is 0 Å². The summed E-state index contributed by atoms with van der Waals surface area (Å²) in [5, 5.41) is 2.21. The van der Waals surface area contributed by atoms with Gasteiger partial charge in [-0.25, -0.2) is 9.97 Å². The zero-order valence-electron chi connectivity index (χ0n) is 22.9. The summed E-state index contributed by atoms with van der Waals surface area (Å²) >= 11 is 0. The molecule has 0 aliphatic carbocycles. The van der Waals surface area contributed by atoms with E-state index in [9.17, 15) is 0 Å². The van der Waals surface area contributed by atoms with Gasteiger partial charge in [0, 0.05) is 40.3 Å². The summed E-state index contributed by atoms with van der Waals surface area (Å²) < 4.78 is 2.06. The molecule has 5 nitrogen and oxygen atoms in total. The second kappa shape index (κ2) is 10.4. The molecule has 0 atom stereocenters. The normalized spacial score (nSPS) is 14.6. The number of benzene rings is 3. The number of imidazole rings is 1. The first-order valence-corrected chi connectivity index (χ1v) is 13.9. The third-order valence-electron chi connectivity index (χ3n) is 7.62. The molecule has 3 aromatic carbocycles. The van der Waals surface area contributed by atoms with Crippen molar-refractivity contribution in [1.82, 2.24) is 19.3 Å². The standard InChI is InChI=1S/C36H29N5/c1-3-5-6-14-29-24-37-35(40(29)4-2)28-13-11-12-27(23-28)25-18-20-26(21-19-25)33-30-15-7-8-16-31(30)34-36(39-33)41-22-10-9-17-32(41)38-34/h3,5-23H,1,4,24H2,2H3/b6-5-,29-14+. The molecule has 0 unspecified atom stereocenters. The maximum absolute atomic E-state index is 5.15. The number of hydrogen-bond donors (Lipinski definition) is 0. The number of amidine groups is 1. The summed E-state index contributed by atoms with van der Waals surface area (Å²) in [7, 11) is 0. The fourth-order valence-electron chi connectivity index (χ4n) is 5.66. The Labute approximate surface area is 239 Å². The van der Waals surface area contributed by atoms with Gasteiger partial charge in [0.1, 0.15) is 17.0 Å². The molecule has 0 radical (unpaired) electrons. The SMILES string of the molecule is C=C/C=C\C=C1/CN=C(c2cccc(-c3ccc(-c4nc5c(nc6ccccn65)c5ccccc45)cc3)c2)N1CC. The van der Waals surface area contributed by atoms with Gasteiger partial charge in [-0.15, -0.1) is 0 Å². The average Bonchev–Trinajstić information content (AvgIpc) is 3.62. The first-order chi connectivity index (χ1) is 20.2. The quantitative estimate of drug-likeness (QED) is 0.204. The number of hydrogen-bond acceptors (Lipinski definition) is 4. The maximum atomic E-state index is 5.15. The molecule has 0 N–H and O–H groups in total. The minimum absolute atomic E-state index is 0.682. The molecule has 0 fully saturated rings. The van der Waals surface area contributed by atoms with E-state index in [-0.39, 0.29) is 0 Å². The van der Waals surface area contributed by atoms with E-state index in [1.165, 1.54) is 5.70 Å². The van der Waals surface area contributed by atoms with Gasteiger partial charge in [0.15, 0.2) is 5.65 Å². The number of allylic oxidation sites excluding steroid dienone is 4. The van der Waals surface area contributed by atoms with Crippen molar-refractivity contribution in [2.24, 2.45) is 4.99 Å². The zero-order chi connectivity index (χ0) is 27.8. The van der Waals surface area contributed by atoms with Crippen molar-refractivity contribution in [1.29, 1.82) is 0 Å². The molecule has 41 heavy (non-hydrogen) atoms. The van der Waals surface area contributed by atoms with E-state index in [1.807, 2.05) is 36.5 Å². The number of pyridine rings is 2. The largest absolute Gasteiger partial charge is 0.328 e. The first kappa shape index (κ1) is 24.7. The monoisotopic (exact) mass is 531 g/mol. The Kier molecular flexibility index (Phi) is 6.25. The smallest absolute Gasteiger partial charge is 0.165 e. The van der Waals surface area contributed by atoms with Gasteiger partial charge in [-0.1, -0.05) is 97.6 Å². The van der Waals surface area contributed by atoms with E-state index in [1.54, 1.807) is 6.08 Å². The van der Waals surface area contributed by atoms with Crippen molar-refractivity contribution >= 4 is 33.4 Å². The molecule has 5 heteroatoms. The van der Waals surface area contributed by atoms with Crippen molar-refractivity contribution in [3.05, 3.63) is 139 Å². The number of rotatable bonds is 6. The van der Waals surface area contributed by atoms with Gasteiger partial charge < -0.3 is 4.90 Å². The van der Waals surface area contributed by atoms with Crippen LogP contribution in [0.25, 0.3) is 50.0 Å². The van der Waals surface area contributed by atoms with Gasteiger partial charge in [-0.05, 0) is 42.3 Å². The third-order valence-corrected chi connectivity index (χ3v) is 7.62. The molecular formula is C36H29N5. The molecule has 6 aromatic rings.